The number of amides is 2. The van der Waals surface area contributed by atoms with Crippen molar-refractivity contribution in [3.8, 4) is 0 Å². The van der Waals surface area contributed by atoms with Crippen molar-refractivity contribution in [1.29, 1.82) is 0 Å². The predicted molar refractivity (Wildman–Crippen MR) is 42.1 cm³/mol. The summed E-state index contributed by atoms with van der Waals surface area (Å²) >= 11 is 0. The number of rotatable bonds is 3. The molecule has 0 bridgehead atoms. The molecule has 0 unspecified atom stereocenters. The molecular weight excluding hydrogens is 158 g/mol. The second kappa shape index (κ2) is 3.49. The minimum atomic E-state index is -0.305. The number of imide groups is 1. The third-order valence-corrected chi connectivity index (χ3v) is 1.44. The normalized spacial score (nSPS) is 16.8. The van der Waals surface area contributed by atoms with E-state index in [1.54, 1.807) is 0 Å². The smallest absolute Gasteiger partial charge is 0.255 e. The van der Waals surface area contributed by atoms with E-state index in [0.717, 1.165) is 4.90 Å². The number of hydrogen-bond acceptors (Lipinski definition) is 3. The molecule has 4 heteroatoms. The topological polar surface area (TPSA) is 46.6 Å². The van der Waals surface area contributed by atoms with Crippen LogP contribution in [0, 0.1) is 0 Å². The molecule has 1 rings (SSSR count). The van der Waals surface area contributed by atoms with Gasteiger partial charge in [-0.25, -0.2) is 0 Å². The third kappa shape index (κ3) is 1.92. The molecule has 66 valence electrons. The van der Waals surface area contributed by atoms with Crippen LogP contribution >= 0.6 is 0 Å². The lowest BCUT2D eigenvalue weighted by Gasteiger charge is -2.15. The van der Waals surface area contributed by atoms with Crippen LogP contribution in [0.2, 0.25) is 0 Å². The second-order valence-corrected chi connectivity index (χ2v) is 2.78. The summed E-state index contributed by atoms with van der Waals surface area (Å²) in [5.41, 5.74) is 0. The van der Waals surface area contributed by atoms with Crippen LogP contribution in [0.25, 0.3) is 0 Å². The highest BCUT2D eigenvalue weighted by Gasteiger charge is 2.23. The van der Waals surface area contributed by atoms with E-state index in [9.17, 15) is 9.59 Å². The lowest BCUT2D eigenvalue weighted by Crippen LogP contribution is -2.33. The lowest BCUT2D eigenvalue weighted by atomic mass is 10.5. The van der Waals surface area contributed by atoms with Crippen LogP contribution < -0.4 is 0 Å². The Kier molecular flexibility index (Phi) is 2.60. The first-order valence-corrected chi connectivity index (χ1v) is 3.76. The molecule has 0 aromatic rings. The van der Waals surface area contributed by atoms with Crippen LogP contribution in [0.15, 0.2) is 12.2 Å². The van der Waals surface area contributed by atoms with E-state index in [4.69, 9.17) is 4.74 Å². The van der Waals surface area contributed by atoms with Crippen molar-refractivity contribution in [2.45, 2.75) is 20.0 Å². The van der Waals surface area contributed by atoms with Crippen LogP contribution in [-0.4, -0.2) is 29.5 Å². The highest BCUT2D eigenvalue weighted by atomic mass is 16.5. The summed E-state index contributed by atoms with van der Waals surface area (Å²) in [7, 11) is 0. The van der Waals surface area contributed by atoms with E-state index in [0.29, 0.717) is 0 Å². The first-order valence-electron chi connectivity index (χ1n) is 3.76. The van der Waals surface area contributed by atoms with Crippen molar-refractivity contribution in [3.05, 3.63) is 12.2 Å². The Labute approximate surface area is 70.8 Å². The zero-order chi connectivity index (χ0) is 9.14. The lowest BCUT2D eigenvalue weighted by molar-refractivity contribution is -0.144. The monoisotopic (exact) mass is 169 g/mol. The molecule has 0 N–H and O–H groups in total. The molecule has 0 atom stereocenters. The summed E-state index contributed by atoms with van der Waals surface area (Å²) in [6.07, 6.45) is 2.50. The van der Waals surface area contributed by atoms with Crippen LogP contribution in [0.1, 0.15) is 13.8 Å². The maximum absolute atomic E-state index is 10.9. The fraction of sp³-hybridized carbons (Fsp3) is 0.500. The molecule has 4 nitrogen and oxygen atoms in total. The summed E-state index contributed by atoms with van der Waals surface area (Å²) < 4.78 is 5.11. The van der Waals surface area contributed by atoms with E-state index >= 15 is 0 Å². The Hall–Kier alpha value is -1.16. The summed E-state index contributed by atoms with van der Waals surface area (Å²) in [4.78, 5) is 22.9. The van der Waals surface area contributed by atoms with Crippen LogP contribution in [-0.2, 0) is 14.3 Å². The molecule has 0 aromatic heterocycles. The summed E-state index contributed by atoms with van der Waals surface area (Å²) in [6.45, 7) is 3.74. The molecule has 0 radical (unpaired) electrons. The predicted octanol–water partition coefficient (Wildman–Crippen LogP) is 0.294. The molecule has 12 heavy (non-hydrogen) atoms. The van der Waals surface area contributed by atoms with Gasteiger partial charge in [0.25, 0.3) is 11.8 Å². The average molecular weight is 169 g/mol. The van der Waals surface area contributed by atoms with Gasteiger partial charge in [0.1, 0.15) is 6.73 Å². The molecule has 0 spiro atoms. The largest absolute Gasteiger partial charge is 0.358 e. The fourth-order valence-electron chi connectivity index (χ4n) is 0.782. The van der Waals surface area contributed by atoms with Crippen molar-refractivity contribution >= 4 is 11.8 Å². The Morgan fingerprint density at radius 2 is 1.83 bits per heavy atom. The summed E-state index contributed by atoms with van der Waals surface area (Å²) in [6, 6.07) is 0. The molecule has 1 aliphatic rings. The highest BCUT2D eigenvalue weighted by molar-refractivity contribution is 6.12. The first kappa shape index (κ1) is 8.93. The van der Waals surface area contributed by atoms with E-state index < -0.39 is 0 Å². The maximum Gasteiger partial charge on any atom is 0.255 e. The van der Waals surface area contributed by atoms with Gasteiger partial charge in [-0.3, -0.25) is 14.5 Å². The van der Waals surface area contributed by atoms with Gasteiger partial charge in [0.2, 0.25) is 0 Å². The van der Waals surface area contributed by atoms with E-state index in [2.05, 4.69) is 0 Å². The SMILES string of the molecule is CC(C)OCN1C(=O)C=CC1=O. The van der Waals surface area contributed by atoms with Crippen molar-refractivity contribution in [1.82, 2.24) is 4.90 Å². The van der Waals surface area contributed by atoms with E-state index in [1.807, 2.05) is 13.8 Å². The number of carbonyl (C=O) groups excluding carboxylic acids is 2. The molecule has 1 heterocycles. The van der Waals surface area contributed by atoms with Gasteiger partial charge in [-0.1, -0.05) is 0 Å². The standard InChI is InChI=1S/C8H11NO3/c1-6(2)12-5-9-7(10)3-4-8(9)11/h3-4,6H,5H2,1-2H3. The number of hydrogen-bond donors (Lipinski definition) is 0. The maximum atomic E-state index is 10.9. The Morgan fingerprint density at radius 1 is 1.33 bits per heavy atom. The number of nitrogens with zero attached hydrogens (tertiary/aromatic N) is 1. The van der Waals surface area contributed by atoms with Gasteiger partial charge in [0.15, 0.2) is 0 Å². The summed E-state index contributed by atoms with van der Waals surface area (Å²) in [5.74, 6) is -0.610. The molecule has 0 saturated heterocycles. The van der Waals surface area contributed by atoms with Crippen molar-refractivity contribution in [3.63, 3.8) is 0 Å². The summed E-state index contributed by atoms with van der Waals surface area (Å²) in [5, 5.41) is 0. The van der Waals surface area contributed by atoms with Crippen molar-refractivity contribution in [2.75, 3.05) is 6.73 Å². The molecule has 0 saturated carbocycles. The third-order valence-electron chi connectivity index (χ3n) is 1.44. The van der Waals surface area contributed by atoms with Crippen LogP contribution in [0.3, 0.4) is 0 Å². The Morgan fingerprint density at radius 3 is 2.25 bits per heavy atom. The first-order chi connectivity index (χ1) is 5.61. The van der Waals surface area contributed by atoms with E-state index in [1.165, 1.54) is 12.2 Å². The van der Waals surface area contributed by atoms with Gasteiger partial charge in [-0.2, -0.15) is 0 Å². The van der Waals surface area contributed by atoms with Gasteiger partial charge in [-0.15, -0.1) is 0 Å². The van der Waals surface area contributed by atoms with Gasteiger partial charge in [0, 0.05) is 12.2 Å². The van der Waals surface area contributed by atoms with Gasteiger partial charge < -0.3 is 4.74 Å². The van der Waals surface area contributed by atoms with Gasteiger partial charge in [-0.05, 0) is 13.8 Å². The number of ether oxygens (including phenoxy) is 1. The van der Waals surface area contributed by atoms with Gasteiger partial charge >= 0.3 is 0 Å². The molecular formula is C8H11NO3. The molecule has 0 aliphatic carbocycles. The molecule has 0 fully saturated rings. The zero-order valence-corrected chi connectivity index (χ0v) is 7.11. The van der Waals surface area contributed by atoms with Gasteiger partial charge in [0.05, 0.1) is 6.10 Å². The van der Waals surface area contributed by atoms with Crippen LogP contribution in [0.4, 0.5) is 0 Å². The highest BCUT2D eigenvalue weighted by Crippen LogP contribution is 2.03. The average Bonchev–Trinajstić information content (AvgIpc) is 2.28. The molecule has 1 aliphatic heterocycles. The second-order valence-electron chi connectivity index (χ2n) is 2.78. The minimum absolute atomic E-state index is 0.0196. The fourth-order valence-corrected chi connectivity index (χ4v) is 0.782. The Balaban J connectivity index is 2.43. The quantitative estimate of drug-likeness (QED) is 0.570. The Bertz CT molecular complexity index is 214. The molecule has 2 amide bonds. The minimum Gasteiger partial charge on any atom is -0.358 e. The van der Waals surface area contributed by atoms with Crippen molar-refractivity contribution < 1.29 is 14.3 Å². The van der Waals surface area contributed by atoms with Crippen molar-refractivity contribution in [2.24, 2.45) is 0 Å². The zero-order valence-electron chi connectivity index (χ0n) is 7.11. The van der Waals surface area contributed by atoms with E-state index in [-0.39, 0.29) is 24.6 Å². The van der Waals surface area contributed by atoms with Crippen LogP contribution in [0.5, 0.6) is 0 Å². The number of carbonyl (C=O) groups is 2. The molecule has 0 aromatic carbocycles.